The van der Waals surface area contributed by atoms with Gasteiger partial charge in [-0.05, 0) is 29.7 Å². The summed E-state index contributed by atoms with van der Waals surface area (Å²) < 4.78 is 5.91. The summed E-state index contributed by atoms with van der Waals surface area (Å²) in [6.07, 6.45) is 0. The number of hydrogen-bond acceptors (Lipinski definition) is 3. The van der Waals surface area contributed by atoms with Crippen LogP contribution in [0.3, 0.4) is 0 Å². The van der Waals surface area contributed by atoms with Gasteiger partial charge in [0.25, 0.3) is 0 Å². The quantitative estimate of drug-likeness (QED) is 0.360. The van der Waals surface area contributed by atoms with Crippen molar-refractivity contribution in [3.8, 4) is 22.6 Å². The number of hydrogen-bond donors (Lipinski definition) is 2. The first kappa shape index (κ1) is 15.1. The second-order valence-corrected chi connectivity index (χ2v) is 6.70. The van der Waals surface area contributed by atoms with Gasteiger partial charge < -0.3 is 14.6 Å². The SMILES string of the molecule is Oc1cc2ccccc2c(O)c1-c1cccc2oc3cc(Cl)ccc3c12. The Morgan fingerprint density at radius 1 is 0.769 bits per heavy atom. The number of phenolic OH excluding ortho intramolecular Hbond substituents is 2. The molecule has 0 aliphatic rings. The molecule has 4 aromatic carbocycles. The Morgan fingerprint density at radius 3 is 2.50 bits per heavy atom. The number of aromatic hydroxyl groups is 2. The van der Waals surface area contributed by atoms with E-state index in [4.69, 9.17) is 16.0 Å². The van der Waals surface area contributed by atoms with E-state index in [1.54, 1.807) is 18.2 Å². The molecule has 126 valence electrons. The number of halogens is 1. The van der Waals surface area contributed by atoms with Gasteiger partial charge in [0.1, 0.15) is 22.7 Å². The van der Waals surface area contributed by atoms with Gasteiger partial charge in [0, 0.05) is 32.8 Å². The van der Waals surface area contributed by atoms with E-state index in [9.17, 15) is 10.2 Å². The summed E-state index contributed by atoms with van der Waals surface area (Å²) in [6, 6.07) is 20.1. The van der Waals surface area contributed by atoms with Crippen LogP contribution in [0, 0.1) is 0 Å². The lowest BCUT2D eigenvalue weighted by Gasteiger charge is -2.12. The average molecular weight is 361 g/mol. The van der Waals surface area contributed by atoms with Crippen LogP contribution in [-0.4, -0.2) is 10.2 Å². The lowest BCUT2D eigenvalue weighted by atomic mass is 9.95. The summed E-state index contributed by atoms with van der Waals surface area (Å²) in [6.45, 7) is 0. The fraction of sp³-hybridized carbons (Fsp3) is 0. The third-order valence-electron chi connectivity index (χ3n) is 4.73. The first-order chi connectivity index (χ1) is 12.6. The van der Waals surface area contributed by atoms with Crippen molar-refractivity contribution in [3.63, 3.8) is 0 Å². The molecule has 5 rings (SSSR count). The zero-order valence-corrected chi connectivity index (χ0v) is 14.3. The highest BCUT2D eigenvalue weighted by Gasteiger charge is 2.19. The number of rotatable bonds is 1. The van der Waals surface area contributed by atoms with E-state index in [1.807, 2.05) is 48.5 Å². The molecule has 0 bridgehead atoms. The summed E-state index contributed by atoms with van der Waals surface area (Å²) in [5.41, 5.74) is 2.45. The van der Waals surface area contributed by atoms with Crippen LogP contribution in [0.4, 0.5) is 0 Å². The van der Waals surface area contributed by atoms with Crippen LogP contribution in [0.25, 0.3) is 43.8 Å². The van der Waals surface area contributed by atoms with Crippen LogP contribution in [0.15, 0.2) is 71.1 Å². The molecule has 3 nitrogen and oxygen atoms in total. The second kappa shape index (κ2) is 5.41. The van der Waals surface area contributed by atoms with E-state index in [0.29, 0.717) is 32.7 Å². The van der Waals surface area contributed by atoms with E-state index < -0.39 is 0 Å². The summed E-state index contributed by atoms with van der Waals surface area (Å²) in [7, 11) is 0. The van der Waals surface area contributed by atoms with Crippen LogP contribution in [-0.2, 0) is 0 Å². The first-order valence-electron chi connectivity index (χ1n) is 8.18. The van der Waals surface area contributed by atoms with Gasteiger partial charge in [0.05, 0.1) is 5.56 Å². The van der Waals surface area contributed by atoms with E-state index >= 15 is 0 Å². The monoisotopic (exact) mass is 360 g/mol. The molecule has 2 N–H and O–H groups in total. The van der Waals surface area contributed by atoms with Crippen molar-refractivity contribution in [2.75, 3.05) is 0 Å². The van der Waals surface area contributed by atoms with Gasteiger partial charge in [-0.3, -0.25) is 0 Å². The van der Waals surface area contributed by atoms with Gasteiger partial charge >= 0.3 is 0 Å². The average Bonchev–Trinajstić information content (AvgIpc) is 3.00. The van der Waals surface area contributed by atoms with Crippen molar-refractivity contribution in [2.45, 2.75) is 0 Å². The molecule has 5 aromatic rings. The molecule has 0 aliphatic heterocycles. The second-order valence-electron chi connectivity index (χ2n) is 6.26. The molecule has 0 atom stereocenters. The molecule has 0 radical (unpaired) electrons. The predicted molar refractivity (Wildman–Crippen MR) is 105 cm³/mol. The molecule has 0 fully saturated rings. The zero-order chi connectivity index (χ0) is 17.8. The van der Waals surface area contributed by atoms with Crippen LogP contribution >= 0.6 is 11.6 Å². The highest BCUT2D eigenvalue weighted by Crippen LogP contribution is 2.47. The molecular formula is C22H13ClO3. The summed E-state index contributed by atoms with van der Waals surface area (Å²) in [4.78, 5) is 0. The van der Waals surface area contributed by atoms with E-state index in [0.717, 1.165) is 16.2 Å². The smallest absolute Gasteiger partial charge is 0.136 e. The van der Waals surface area contributed by atoms with E-state index in [1.165, 1.54) is 0 Å². The predicted octanol–water partition coefficient (Wildman–Crippen LogP) is 6.47. The highest BCUT2D eigenvalue weighted by molar-refractivity contribution is 6.31. The van der Waals surface area contributed by atoms with Gasteiger partial charge in [-0.1, -0.05) is 48.0 Å². The number of benzene rings is 4. The van der Waals surface area contributed by atoms with Crippen molar-refractivity contribution >= 4 is 44.3 Å². The lowest BCUT2D eigenvalue weighted by molar-refractivity contribution is 0.459. The minimum Gasteiger partial charge on any atom is -0.507 e. The molecule has 1 heterocycles. The molecular weight excluding hydrogens is 348 g/mol. The maximum absolute atomic E-state index is 10.9. The molecule has 0 aliphatic carbocycles. The summed E-state index contributed by atoms with van der Waals surface area (Å²) in [5.74, 6) is 0.0772. The van der Waals surface area contributed by atoms with E-state index in [-0.39, 0.29) is 11.5 Å². The topological polar surface area (TPSA) is 53.6 Å². The van der Waals surface area contributed by atoms with Crippen molar-refractivity contribution in [1.29, 1.82) is 0 Å². The van der Waals surface area contributed by atoms with Crippen LogP contribution in [0.1, 0.15) is 0 Å². The van der Waals surface area contributed by atoms with Gasteiger partial charge in [0.15, 0.2) is 0 Å². The third kappa shape index (κ3) is 2.07. The number of phenols is 2. The minimum absolute atomic E-state index is 0.0250. The molecule has 0 saturated heterocycles. The van der Waals surface area contributed by atoms with Crippen molar-refractivity contribution in [3.05, 3.63) is 71.8 Å². The lowest BCUT2D eigenvalue weighted by Crippen LogP contribution is -1.85. The van der Waals surface area contributed by atoms with Crippen LogP contribution < -0.4 is 0 Å². The molecule has 4 heteroatoms. The first-order valence-corrected chi connectivity index (χ1v) is 8.56. The number of furan rings is 1. The highest BCUT2D eigenvalue weighted by atomic mass is 35.5. The van der Waals surface area contributed by atoms with Crippen molar-refractivity contribution in [1.82, 2.24) is 0 Å². The fourth-order valence-electron chi connectivity index (χ4n) is 3.59. The zero-order valence-electron chi connectivity index (χ0n) is 13.5. The fourth-order valence-corrected chi connectivity index (χ4v) is 3.75. The summed E-state index contributed by atoms with van der Waals surface area (Å²) in [5, 5.41) is 25.3. The maximum atomic E-state index is 10.9. The van der Waals surface area contributed by atoms with Gasteiger partial charge in [-0.15, -0.1) is 0 Å². The molecule has 0 amide bonds. The minimum atomic E-state index is 0.0250. The Kier molecular flexibility index (Phi) is 3.15. The Morgan fingerprint density at radius 2 is 1.62 bits per heavy atom. The van der Waals surface area contributed by atoms with Crippen molar-refractivity contribution < 1.29 is 14.6 Å². The van der Waals surface area contributed by atoms with Gasteiger partial charge in [0.2, 0.25) is 0 Å². The standard InChI is InChI=1S/C22H13ClO3/c23-13-8-9-15-19(11-13)26-18-7-3-6-16(20(15)18)21-17(24)10-12-4-1-2-5-14(12)22(21)25/h1-11,24-25H. The molecule has 0 spiro atoms. The largest absolute Gasteiger partial charge is 0.507 e. The van der Waals surface area contributed by atoms with Crippen molar-refractivity contribution in [2.24, 2.45) is 0 Å². The molecule has 0 unspecified atom stereocenters. The third-order valence-corrected chi connectivity index (χ3v) is 4.96. The Balaban J connectivity index is 1.94. The Hall–Kier alpha value is -3.17. The summed E-state index contributed by atoms with van der Waals surface area (Å²) >= 11 is 6.08. The van der Waals surface area contributed by atoms with Crippen LogP contribution in [0.5, 0.6) is 11.5 Å². The molecule has 0 saturated carbocycles. The van der Waals surface area contributed by atoms with Crippen LogP contribution in [0.2, 0.25) is 5.02 Å². The maximum Gasteiger partial charge on any atom is 0.136 e. The Bertz CT molecular complexity index is 1320. The molecule has 1 aromatic heterocycles. The van der Waals surface area contributed by atoms with Gasteiger partial charge in [-0.25, -0.2) is 0 Å². The number of fused-ring (bicyclic) bond motifs is 4. The van der Waals surface area contributed by atoms with Gasteiger partial charge in [-0.2, -0.15) is 0 Å². The van der Waals surface area contributed by atoms with E-state index in [2.05, 4.69) is 0 Å². The Labute approximate surface area is 153 Å². The molecule has 26 heavy (non-hydrogen) atoms. The normalized spacial score (nSPS) is 11.6.